The molecule has 4 heteroatoms. The molecule has 0 unspecified atom stereocenters. The summed E-state index contributed by atoms with van der Waals surface area (Å²) in [7, 11) is 0. The van der Waals surface area contributed by atoms with E-state index in [0.717, 1.165) is 17.0 Å². The van der Waals surface area contributed by atoms with Crippen LogP contribution in [0.2, 0.25) is 0 Å². The van der Waals surface area contributed by atoms with Crippen molar-refractivity contribution in [2.24, 2.45) is 0 Å². The quantitative estimate of drug-likeness (QED) is 0.918. The SMILES string of the molecule is Brc1ccc(CNC2CCSCC2)o1. The zero-order valence-electron chi connectivity index (χ0n) is 7.96. The third-order valence-electron chi connectivity index (χ3n) is 2.42. The first-order valence-corrected chi connectivity index (χ1v) is 6.85. The second-order valence-corrected chi connectivity index (χ2v) is 5.48. The van der Waals surface area contributed by atoms with Crippen LogP contribution in [0.3, 0.4) is 0 Å². The van der Waals surface area contributed by atoms with Gasteiger partial charge in [0.2, 0.25) is 0 Å². The van der Waals surface area contributed by atoms with E-state index in [1.807, 2.05) is 12.1 Å². The fourth-order valence-electron chi connectivity index (χ4n) is 1.59. The van der Waals surface area contributed by atoms with Gasteiger partial charge in [0, 0.05) is 6.04 Å². The van der Waals surface area contributed by atoms with Gasteiger partial charge in [-0.3, -0.25) is 0 Å². The maximum atomic E-state index is 5.42. The Morgan fingerprint density at radius 2 is 2.21 bits per heavy atom. The Labute approximate surface area is 97.0 Å². The summed E-state index contributed by atoms with van der Waals surface area (Å²) in [4.78, 5) is 0. The summed E-state index contributed by atoms with van der Waals surface area (Å²) in [5.41, 5.74) is 0. The van der Waals surface area contributed by atoms with Gasteiger partial charge in [0.25, 0.3) is 0 Å². The summed E-state index contributed by atoms with van der Waals surface area (Å²) >= 11 is 5.35. The van der Waals surface area contributed by atoms with Crippen molar-refractivity contribution in [3.63, 3.8) is 0 Å². The maximum absolute atomic E-state index is 5.42. The van der Waals surface area contributed by atoms with Gasteiger partial charge in [-0.15, -0.1) is 0 Å². The Bertz CT molecular complexity index is 283. The van der Waals surface area contributed by atoms with Gasteiger partial charge in [0.05, 0.1) is 6.54 Å². The number of nitrogens with one attached hydrogen (secondary N) is 1. The van der Waals surface area contributed by atoms with Crippen LogP contribution in [0.25, 0.3) is 0 Å². The number of hydrogen-bond donors (Lipinski definition) is 1. The Balaban J connectivity index is 1.76. The van der Waals surface area contributed by atoms with Crippen molar-refractivity contribution >= 4 is 27.7 Å². The standard InChI is InChI=1S/C10H14BrNOS/c11-10-2-1-9(13-10)7-12-8-3-5-14-6-4-8/h1-2,8,12H,3-7H2. The molecule has 0 radical (unpaired) electrons. The van der Waals surface area contributed by atoms with E-state index in [0.29, 0.717) is 6.04 Å². The molecular formula is C10H14BrNOS. The normalized spacial score (nSPS) is 18.6. The highest BCUT2D eigenvalue weighted by molar-refractivity contribution is 9.10. The number of thioether (sulfide) groups is 1. The van der Waals surface area contributed by atoms with Gasteiger partial charge in [0.1, 0.15) is 5.76 Å². The zero-order valence-corrected chi connectivity index (χ0v) is 10.4. The highest BCUT2D eigenvalue weighted by Gasteiger charge is 2.13. The van der Waals surface area contributed by atoms with E-state index in [-0.39, 0.29) is 0 Å². The summed E-state index contributed by atoms with van der Waals surface area (Å²) < 4.78 is 6.24. The molecule has 1 aromatic rings. The molecule has 2 rings (SSSR count). The van der Waals surface area contributed by atoms with Gasteiger partial charge in [-0.05, 0) is 52.4 Å². The molecule has 0 aromatic carbocycles. The lowest BCUT2D eigenvalue weighted by Gasteiger charge is -2.21. The Morgan fingerprint density at radius 3 is 2.86 bits per heavy atom. The average Bonchev–Trinajstić information content (AvgIpc) is 2.63. The van der Waals surface area contributed by atoms with Crippen LogP contribution in [-0.2, 0) is 6.54 Å². The summed E-state index contributed by atoms with van der Waals surface area (Å²) in [6, 6.07) is 4.63. The first-order chi connectivity index (χ1) is 6.84. The molecule has 1 fully saturated rings. The Morgan fingerprint density at radius 1 is 1.43 bits per heavy atom. The van der Waals surface area contributed by atoms with E-state index < -0.39 is 0 Å². The molecule has 0 spiro atoms. The average molecular weight is 276 g/mol. The van der Waals surface area contributed by atoms with Crippen molar-refractivity contribution in [1.29, 1.82) is 0 Å². The molecule has 2 nitrogen and oxygen atoms in total. The van der Waals surface area contributed by atoms with Gasteiger partial charge in [-0.1, -0.05) is 0 Å². The second-order valence-electron chi connectivity index (χ2n) is 3.47. The van der Waals surface area contributed by atoms with Crippen LogP contribution in [0.5, 0.6) is 0 Å². The van der Waals surface area contributed by atoms with E-state index in [4.69, 9.17) is 4.42 Å². The highest BCUT2D eigenvalue weighted by Crippen LogP contribution is 2.18. The van der Waals surface area contributed by atoms with Crippen LogP contribution in [0.1, 0.15) is 18.6 Å². The molecule has 1 aliphatic rings. The number of furan rings is 1. The predicted molar refractivity (Wildman–Crippen MR) is 63.6 cm³/mol. The van der Waals surface area contributed by atoms with Crippen LogP contribution in [0.15, 0.2) is 21.2 Å². The topological polar surface area (TPSA) is 25.2 Å². The molecule has 1 saturated heterocycles. The monoisotopic (exact) mass is 275 g/mol. The van der Waals surface area contributed by atoms with Crippen LogP contribution in [-0.4, -0.2) is 17.5 Å². The lowest BCUT2D eigenvalue weighted by atomic mass is 10.1. The van der Waals surface area contributed by atoms with E-state index >= 15 is 0 Å². The van der Waals surface area contributed by atoms with Crippen molar-refractivity contribution in [1.82, 2.24) is 5.32 Å². The smallest absolute Gasteiger partial charge is 0.169 e. The van der Waals surface area contributed by atoms with Crippen LogP contribution >= 0.6 is 27.7 Å². The summed E-state index contributed by atoms with van der Waals surface area (Å²) in [6.45, 7) is 0.848. The number of halogens is 1. The second kappa shape index (κ2) is 5.24. The van der Waals surface area contributed by atoms with Crippen molar-refractivity contribution < 1.29 is 4.42 Å². The van der Waals surface area contributed by atoms with Gasteiger partial charge < -0.3 is 9.73 Å². The van der Waals surface area contributed by atoms with Crippen LogP contribution in [0.4, 0.5) is 0 Å². The fraction of sp³-hybridized carbons (Fsp3) is 0.600. The fourth-order valence-corrected chi connectivity index (χ4v) is 3.04. The third-order valence-corrected chi connectivity index (χ3v) is 3.89. The Kier molecular flexibility index (Phi) is 3.96. The maximum Gasteiger partial charge on any atom is 0.169 e. The highest BCUT2D eigenvalue weighted by atomic mass is 79.9. The van der Waals surface area contributed by atoms with E-state index in [9.17, 15) is 0 Å². The van der Waals surface area contributed by atoms with Crippen LogP contribution < -0.4 is 5.32 Å². The number of hydrogen-bond acceptors (Lipinski definition) is 3. The van der Waals surface area contributed by atoms with Crippen molar-refractivity contribution in [3.05, 3.63) is 22.6 Å². The molecule has 14 heavy (non-hydrogen) atoms. The van der Waals surface area contributed by atoms with Gasteiger partial charge in [-0.2, -0.15) is 11.8 Å². The summed E-state index contributed by atoms with van der Waals surface area (Å²) in [6.07, 6.45) is 2.57. The van der Waals surface area contributed by atoms with E-state index in [2.05, 4.69) is 33.0 Å². The van der Waals surface area contributed by atoms with Crippen molar-refractivity contribution in [3.8, 4) is 0 Å². The Hall–Kier alpha value is 0.0700. The molecular weight excluding hydrogens is 262 g/mol. The minimum atomic E-state index is 0.681. The lowest BCUT2D eigenvalue weighted by molar-refractivity contribution is 0.420. The molecule has 78 valence electrons. The minimum Gasteiger partial charge on any atom is -0.453 e. The summed E-state index contributed by atoms with van der Waals surface area (Å²) in [5, 5.41) is 3.52. The van der Waals surface area contributed by atoms with Crippen LogP contribution in [0, 0.1) is 0 Å². The first-order valence-electron chi connectivity index (χ1n) is 4.90. The van der Waals surface area contributed by atoms with Gasteiger partial charge >= 0.3 is 0 Å². The largest absolute Gasteiger partial charge is 0.453 e. The summed E-state index contributed by atoms with van der Waals surface area (Å²) in [5.74, 6) is 3.59. The molecule has 0 atom stereocenters. The van der Waals surface area contributed by atoms with Crippen molar-refractivity contribution in [2.75, 3.05) is 11.5 Å². The lowest BCUT2D eigenvalue weighted by Crippen LogP contribution is -2.31. The molecule has 1 aliphatic heterocycles. The molecule has 1 aromatic heterocycles. The zero-order chi connectivity index (χ0) is 9.80. The molecule has 1 N–H and O–H groups in total. The van der Waals surface area contributed by atoms with E-state index in [1.165, 1.54) is 24.3 Å². The minimum absolute atomic E-state index is 0.681. The predicted octanol–water partition coefficient (Wildman–Crippen LogP) is 3.03. The molecule has 0 saturated carbocycles. The number of rotatable bonds is 3. The molecule has 0 amide bonds. The molecule has 0 bridgehead atoms. The van der Waals surface area contributed by atoms with Gasteiger partial charge in [-0.25, -0.2) is 0 Å². The molecule has 0 aliphatic carbocycles. The molecule has 2 heterocycles. The van der Waals surface area contributed by atoms with Crippen molar-refractivity contribution in [2.45, 2.75) is 25.4 Å². The van der Waals surface area contributed by atoms with E-state index in [1.54, 1.807) is 0 Å². The van der Waals surface area contributed by atoms with Gasteiger partial charge in [0.15, 0.2) is 4.67 Å². The third kappa shape index (κ3) is 3.04. The first kappa shape index (κ1) is 10.6.